The molecule has 0 amide bonds. The van der Waals surface area contributed by atoms with Crippen LogP contribution in [0.5, 0.6) is 11.5 Å². The molecule has 1 spiro atoms. The maximum Gasteiger partial charge on any atom is 0.179 e. The number of hydrogen-bond acceptors (Lipinski definition) is 2. The molecule has 0 bridgehead atoms. The Labute approximate surface area is 204 Å². The van der Waals surface area contributed by atoms with Crippen molar-refractivity contribution in [2.75, 3.05) is 6.61 Å². The lowest BCUT2D eigenvalue weighted by molar-refractivity contribution is 0.165. The minimum Gasteiger partial charge on any atom is -0.480 e. The molecule has 2 nitrogen and oxygen atoms in total. The van der Waals surface area contributed by atoms with Crippen LogP contribution in [0.25, 0.3) is 38.2 Å². The number of benzene rings is 5. The van der Waals surface area contributed by atoms with E-state index < -0.39 is 5.60 Å². The van der Waals surface area contributed by atoms with Crippen molar-refractivity contribution in [3.8, 4) is 35.0 Å². The van der Waals surface area contributed by atoms with Crippen molar-refractivity contribution < 1.29 is 9.47 Å². The van der Waals surface area contributed by atoms with Crippen LogP contribution in [0, 0.1) is 12.3 Å². The summed E-state index contributed by atoms with van der Waals surface area (Å²) >= 11 is 0. The molecule has 35 heavy (non-hydrogen) atoms. The number of allylic oxidation sites excluding steroid dienone is 1. The van der Waals surface area contributed by atoms with E-state index >= 15 is 0 Å². The molecule has 2 aliphatic rings. The van der Waals surface area contributed by atoms with E-state index in [1.165, 1.54) is 33.0 Å². The first-order chi connectivity index (χ1) is 17.2. The fourth-order valence-electron chi connectivity index (χ4n) is 5.85. The minimum absolute atomic E-state index is 0.226. The van der Waals surface area contributed by atoms with E-state index in [0.717, 1.165) is 33.4 Å². The van der Waals surface area contributed by atoms with E-state index in [1.54, 1.807) is 0 Å². The van der Waals surface area contributed by atoms with Gasteiger partial charge in [-0.1, -0.05) is 72.7 Å². The van der Waals surface area contributed by atoms with Crippen molar-refractivity contribution in [3.05, 3.63) is 114 Å². The molecular formula is C33H22O2. The van der Waals surface area contributed by atoms with Crippen LogP contribution in [0.4, 0.5) is 0 Å². The second-order valence-electron chi connectivity index (χ2n) is 9.24. The fraction of sp³-hybridized carbons (Fsp3) is 0.0909. The van der Waals surface area contributed by atoms with Crippen molar-refractivity contribution in [1.29, 1.82) is 0 Å². The molecule has 1 aliphatic heterocycles. The molecule has 2 heteroatoms. The van der Waals surface area contributed by atoms with Gasteiger partial charge in [0.15, 0.2) is 5.60 Å². The van der Waals surface area contributed by atoms with E-state index in [4.69, 9.17) is 15.9 Å². The van der Waals surface area contributed by atoms with Crippen LogP contribution in [0.3, 0.4) is 0 Å². The second-order valence-corrected chi connectivity index (χ2v) is 9.24. The molecule has 0 aromatic heterocycles. The quantitative estimate of drug-likeness (QED) is 0.256. The summed E-state index contributed by atoms with van der Waals surface area (Å²) in [6.45, 7) is 2.40. The molecule has 0 radical (unpaired) electrons. The number of terminal acetylenes is 1. The topological polar surface area (TPSA) is 18.5 Å². The van der Waals surface area contributed by atoms with Crippen molar-refractivity contribution in [2.45, 2.75) is 12.5 Å². The highest BCUT2D eigenvalue weighted by molar-refractivity contribution is 6.02. The molecule has 166 valence electrons. The van der Waals surface area contributed by atoms with Crippen molar-refractivity contribution in [3.63, 3.8) is 0 Å². The van der Waals surface area contributed by atoms with Crippen LogP contribution in [-0.4, -0.2) is 6.61 Å². The standard InChI is InChI=1S/C33H22O2/c1-3-17-34-29-14-8-11-22-15-16-30-31(32(22)29)21(2)20-33(35-30)27-13-7-6-12-25(27)26-18-23-9-4-5-10-24(23)19-28(26)33/h1,4-16,18-20H,17H2,2H3. The summed E-state index contributed by atoms with van der Waals surface area (Å²) < 4.78 is 13.0. The maximum atomic E-state index is 7.05. The van der Waals surface area contributed by atoms with Gasteiger partial charge >= 0.3 is 0 Å². The van der Waals surface area contributed by atoms with Gasteiger partial charge in [-0.25, -0.2) is 0 Å². The molecule has 0 saturated carbocycles. The van der Waals surface area contributed by atoms with E-state index in [1.807, 2.05) is 12.1 Å². The van der Waals surface area contributed by atoms with Crippen LogP contribution in [0.15, 0.2) is 97.1 Å². The third-order valence-corrected chi connectivity index (χ3v) is 7.27. The highest BCUT2D eigenvalue weighted by Crippen LogP contribution is 2.56. The Morgan fingerprint density at radius 2 is 1.57 bits per heavy atom. The molecule has 5 aromatic carbocycles. The maximum absolute atomic E-state index is 7.05. The minimum atomic E-state index is -0.685. The Morgan fingerprint density at radius 3 is 2.43 bits per heavy atom. The summed E-state index contributed by atoms with van der Waals surface area (Å²) in [4.78, 5) is 0. The summed E-state index contributed by atoms with van der Waals surface area (Å²) in [6, 6.07) is 32.0. The fourth-order valence-corrected chi connectivity index (χ4v) is 5.85. The Bertz CT molecular complexity index is 1750. The zero-order valence-corrected chi connectivity index (χ0v) is 19.3. The van der Waals surface area contributed by atoms with E-state index in [-0.39, 0.29) is 6.61 Å². The van der Waals surface area contributed by atoms with Crippen LogP contribution in [0.2, 0.25) is 0 Å². The zero-order chi connectivity index (χ0) is 23.6. The Balaban J connectivity index is 1.51. The molecule has 1 aliphatic carbocycles. The summed E-state index contributed by atoms with van der Waals surface area (Å²) in [5.74, 6) is 4.21. The molecule has 0 saturated heterocycles. The van der Waals surface area contributed by atoms with Crippen LogP contribution in [-0.2, 0) is 5.60 Å². The number of fused-ring (bicyclic) bond motifs is 9. The summed E-state index contributed by atoms with van der Waals surface area (Å²) in [5, 5.41) is 4.58. The summed E-state index contributed by atoms with van der Waals surface area (Å²) in [6.07, 6.45) is 7.77. The lowest BCUT2D eigenvalue weighted by atomic mass is 9.83. The Morgan fingerprint density at radius 1 is 0.800 bits per heavy atom. The number of ether oxygens (including phenoxy) is 2. The Kier molecular flexibility index (Phi) is 4.13. The van der Waals surface area contributed by atoms with Crippen LogP contribution >= 0.6 is 0 Å². The third-order valence-electron chi connectivity index (χ3n) is 7.27. The van der Waals surface area contributed by atoms with Gasteiger partial charge in [-0.05, 0) is 70.1 Å². The van der Waals surface area contributed by atoms with Crippen molar-refractivity contribution in [1.82, 2.24) is 0 Å². The first kappa shape index (κ1) is 19.9. The van der Waals surface area contributed by atoms with Gasteiger partial charge in [0.1, 0.15) is 18.1 Å². The molecule has 1 heterocycles. The van der Waals surface area contributed by atoms with Crippen molar-refractivity contribution in [2.24, 2.45) is 0 Å². The number of hydrogen-bond donors (Lipinski definition) is 0. The monoisotopic (exact) mass is 450 g/mol. The molecule has 1 unspecified atom stereocenters. The van der Waals surface area contributed by atoms with Gasteiger partial charge in [0.2, 0.25) is 0 Å². The third kappa shape index (κ3) is 2.73. The second kappa shape index (κ2) is 7.26. The molecule has 5 aromatic rings. The average molecular weight is 451 g/mol. The summed E-state index contributed by atoms with van der Waals surface area (Å²) in [5.41, 5.74) is 6.34. The van der Waals surface area contributed by atoms with E-state index in [9.17, 15) is 0 Å². The van der Waals surface area contributed by atoms with Crippen molar-refractivity contribution >= 4 is 27.1 Å². The first-order valence-corrected chi connectivity index (χ1v) is 11.8. The van der Waals surface area contributed by atoms with Gasteiger partial charge in [-0.2, -0.15) is 0 Å². The Hall–Kier alpha value is -4.48. The normalized spacial score (nSPS) is 17.3. The number of rotatable bonds is 2. The first-order valence-electron chi connectivity index (χ1n) is 11.8. The van der Waals surface area contributed by atoms with E-state index in [0.29, 0.717) is 0 Å². The lowest BCUT2D eigenvalue weighted by Gasteiger charge is -2.36. The van der Waals surface area contributed by atoms with Crippen LogP contribution < -0.4 is 9.47 Å². The molecule has 1 atom stereocenters. The summed E-state index contributed by atoms with van der Waals surface area (Å²) in [7, 11) is 0. The van der Waals surface area contributed by atoms with Gasteiger partial charge in [-0.3, -0.25) is 0 Å². The smallest absolute Gasteiger partial charge is 0.179 e. The van der Waals surface area contributed by atoms with Gasteiger partial charge in [0.05, 0.1) is 0 Å². The predicted molar refractivity (Wildman–Crippen MR) is 143 cm³/mol. The predicted octanol–water partition coefficient (Wildman–Crippen LogP) is 7.72. The van der Waals surface area contributed by atoms with Gasteiger partial charge in [0.25, 0.3) is 0 Å². The largest absolute Gasteiger partial charge is 0.480 e. The molecule has 0 N–H and O–H groups in total. The van der Waals surface area contributed by atoms with E-state index in [2.05, 4.69) is 97.8 Å². The molecule has 7 rings (SSSR count). The van der Waals surface area contributed by atoms with Gasteiger partial charge in [0, 0.05) is 22.1 Å². The lowest BCUT2D eigenvalue weighted by Crippen LogP contribution is -2.33. The van der Waals surface area contributed by atoms with Gasteiger partial charge < -0.3 is 9.47 Å². The molecule has 0 fully saturated rings. The SMILES string of the molecule is C#CCOc1cccc2ccc3c(c12)C(C)=CC1(O3)c2ccccc2-c2cc3ccccc3cc21. The average Bonchev–Trinajstić information content (AvgIpc) is 3.14. The highest BCUT2D eigenvalue weighted by atomic mass is 16.5. The van der Waals surface area contributed by atoms with Crippen LogP contribution in [0.1, 0.15) is 23.6 Å². The molecular weight excluding hydrogens is 428 g/mol. The van der Waals surface area contributed by atoms with Gasteiger partial charge in [-0.15, -0.1) is 6.42 Å². The zero-order valence-electron chi connectivity index (χ0n) is 19.3. The highest BCUT2D eigenvalue weighted by Gasteiger charge is 2.46.